The van der Waals surface area contributed by atoms with Crippen molar-refractivity contribution in [2.24, 2.45) is 5.10 Å². The molecule has 1 aliphatic rings. The summed E-state index contributed by atoms with van der Waals surface area (Å²) in [5, 5.41) is 5.70. The molecule has 2 aromatic rings. The van der Waals surface area contributed by atoms with Gasteiger partial charge < -0.3 is 9.47 Å². The number of hydrazone groups is 1. The van der Waals surface area contributed by atoms with Gasteiger partial charge in [-0.05, 0) is 23.8 Å². The molecule has 0 aromatic heterocycles. The van der Waals surface area contributed by atoms with Crippen LogP contribution in [0.15, 0.2) is 64.2 Å². The molecule has 6 heteroatoms. The Labute approximate surface area is 136 Å². The van der Waals surface area contributed by atoms with Crippen molar-refractivity contribution in [1.82, 2.24) is 0 Å². The zero-order valence-corrected chi connectivity index (χ0v) is 13.1. The third kappa shape index (κ3) is 3.28. The fourth-order valence-corrected chi connectivity index (χ4v) is 2.40. The fourth-order valence-electron chi connectivity index (χ4n) is 2.01. The number of aldehydes is 1. The van der Waals surface area contributed by atoms with Crippen LogP contribution >= 0.6 is 15.9 Å². The smallest absolute Gasteiger partial charge is 0.408 e. The predicted molar refractivity (Wildman–Crippen MR) is 86.2 cm³/mol. The van der Waals surface area contributed by atoms with Crippen molar-refractivity contribution in [3.05, 3.63) is 64.6 Å². The summed E-state index contributed by atoms with van der Waals surface area (Å²) in [6.45, 7) is 0.331. The first-order valence-electron chi connectivity index (χ1n) is 6.68. The van der Waals surface area contributed by atoms with Crippen molar-refractivity contribution in [3.63, 3.8) is 0 Å². The summed E-state index contributed by atoms with van der Waals surface area (Å²) in [6.07, 6.45) is -0.0514. The second kappa shape index (κ2) is 6.62. The van der Waals surface area contributed by atoms with Gasteiger partial charge in [-0.15, -0.1) is 0 Å². The van der Waals surface area contributed by atoms with Crippen LogP contribution < -0.4 is 5.01 Å². The summed E-state index contributed by atoms with van der Waals surface area (Å²) < 4.78 is 11.8. The van der Waals surface area contributed by atoms with Crippen LogP contribution in [0, 0.1) is 0 Å². The molecule has 5 nitrogen and oxygen atoms in total. The average molecular weight is 361 g/mol. The van der Waals surface area contributed by atoms with Crippen molar-refractivity contribution in [2.75, 3.05) is 5.01 Å². The standard InChI is InChI=1S/C16H13BrN2O3/c17-13-7-4-8-14(9-13)19-15(10-20)22-16(18-19)21-11-12-5-2-1-3-6-12/h1-10,15H,11H2. The normalized spacial score (nSPS) is 16.9. The zero-order valence-electron chi connectivity index (χ0n) is 11.6. The number of carbonyl (C=O) groups excluding carboxylic acids is 1. The summed E-state index contributed by atoms with van der Waals surface area (Å²) in [4.78, 5) is 11.2. The lowest BCUT2D eigenvalue weighted by Crippen LogP contribution is -2.29. The van der Waals surface area contributed by atoms with E-state index in [-0.39, 0.29) is 6.08 Å². The van der Waals surface area contributed by atoms with E-state index in [0.717, 1.165) is 15.7 Å². The van der Waals surface area contributed by atoms with Crippen LogP contribution in [0.1, 0.15) is 5.56 Å². The van der Waals surface area contributed by atoms with Gasteiger partial charge in [0.2, 0.25) is 0 Å². The first-order valence-corrected chi connectivity index (χ1v) is 7.47. The number of carbonyl (C=O) groups is 1. The Morgan fingerprint density at radius 2 is 2.05 bits per heavy atom. The second-order valence-electron chi connectivity index (χ2n) is 4.61. The van der Waals surface area contributed by atoms with Gasteiger partial charge in [0.25, 0.3) is 6.23 Å². The Kier molecular flexibility index (Phi) is 4.39. The maximum absolute atomic E-state index is 11.2. The largest absolute Gasteiger partial charge is 0.444 e. The maximum atomic E-state index is 11.2. The highest BCUT2D eigenvalue weighted by Gasteiger charge is 2.30. The number of nitrogens with zero attached hydrogens (tertiary/aromatic N) is 2. The van der Waals surface area contributed by atoms with E-state index < -0.39 is 6.23 Å². The van der Waals surface area contributed by atoms with Crippen LogP contribution in [0.4, 0.5) is 5.69 Å². The lowest BCUT2D eigenvalue weighted by Gasteiger charge is -2.16. The molecule has 0 aliphatic carbocycles. The third-order valence-electron chi connectivity index (χ3n) is 3.05. The quantitative estimate of drug-likeness (QED) is 0.785. The molecule has 22 heavy (non-hydrogen) atoms. The first-order chi connectivity index (χ1) is 10.8. The minimum absolute atomic E-state index is 0.0842. The van der Waals surface area contributed by atoms with E-state index in [4.69, 9.17) is 9.47 Å². The first kappa shape index (κ1) is 14.6. The summed E-state index contributed by atoms with van der Waals surface area (Å²) in [5.74, 6) is 0. The van der Waals surface area contributed by atoms with Gasteiger partial charge in [0.15, 0.2) is 6.29 Å². The van der Waals surface area contributed by atoms with Crippen molar-refractivity contribution in [1.29, 1.82) is 0 Å². The Morgan fingerprint density at radius 1 is 1.23 bits per heavy atom. The molecule has 1 unspecified atom stereocenters. The highest BCUT2D eigenvalue weighted by Crippen LogP contribution is 2.25. The van der Waals surface area contributed by atoms with E-state index in [1.54, 1.807) is 0 Å². The predicted octanol–water partition coefficient (Wildman–Crippen LogP) is 3.30. The Balaban J connectivity index is 1.73. The second-order valence-corrected chi connectivity index (χ2v) is 5.52. The monoisotopic (exact) mass is 360 g/mol. The van der Waals surface area contributed by atoms with Gasteiger partial charge in [-0.25, -0.2) is 5.01 Å². The van der Waals surface area contributed by atoms with Crippen LogP contribution in [-0.4, -0.2) is 18.6 Å². The van der Waals surface area contributed by atoms with Gasteiger partial charge in [0, 0.05) is 4.47 Å². The van der Waals surface area contributed by atoms with Gasteiger partial charge >= 0.3 is 6.08 Å². The van der Waals surface area contributed by atoms with E-state index in [1.807, 2.05) is 54.6 Å². The zero-order chi connectivity index (χ0) is 15.4. The van der Waals surface area contributed by atoms with Gasteiger partial charge in [0.1, 0.15) is 6.61 Å². The lowest BCUT2D eigenvalue weighted by atomic mass is 10.2. The summed E-state index contributed by atoms with van der Waals surface area (Å²) in [5.41, 5.74) is 1.74. The van der Waals surface area contributed by atoms with Gasteiger partial charge in [-0.3, -0.25) is 4.79 Å². The minimum atomic E-state index is -0.819. The van der Waals surface area contributed by atoms with E-state index in [1.165, 1.54) is 5.01 Å². The highest BCUT2D eigenvalue weighted by molar-refractivity contribution is 9.10. The number of anilines is 1. The third-order valence-corrected chi connectivity index (χ3v) is 3.54. The summed E-state index contributed by atoms with van der Waals surface area (Å²) in [6, 6.07) is 17.1. The molecule has 0 N–H and O–H groups in total. The van der Waals surface area contributed by atoms with E-state index in [0.29, 0.717) is 12.9 Å². The van der Waals surface area contributed by atoms with Crippen LogP contribution in [0.25, 0.3) is 0 Å². The molecular weight excluding hydrogens is 348 g/mol. The molecule has 0 saturated heterocycles. The van der Waals surface area contributed by atoms with Gasteiger partial charge in [0.05, 0.1) is 5.69 Å². The van der Waals surface area contributed by atoms with Crippen molar-refractivity contribution in [2.45, 2.75) is 12.8 Å². The molecule has 0 radical (unpaired) electrons. The highest BCUT2D eigenvalue weighted by atomic mass is 79.9. The van der Waals surface area contributed by atoms with Crippen LogP contribution in [0.5, 0.6) is 0 Å². The van der Waals surface area contributed by atoms with Crippen LogP contribution in [0.2, 0.25) is 0 Å². The molecule has 0 spiro atoms. The van der Waals surface area contributed by atoms with Crippen molar-refractivity contribution in [3.8, 4) is 0 Å². The van der Waals surface area contributed by atoms with Gasteiger partial charge in [-0.1, -0.05) is 57.4 Å². The molecule has 0 bridgehead atoms. The number of halogens is 1. The molecule has 3 rings (SSSR count). The SMILES string of the molecule is O=CC1OC(OCc2ccccc2)=NN1c1cccc(Br)c1. The Morgan fingerprint density at radius 3 is 2.77 bits per heavy atom. The van der Waals surface area contributed by atoms with Gasteiger partial charge in [-0.2, -0.15) is 0 Å². The topological polar surface area (TPSA) is 51.1 Å². The molecule has 1 atom stereocenters. The van der Waals surface area contributed by atoms with E-state index in [9.17, 15) is 4.79 Å². The molecule has 1 aliphatic heterocycles. The van der Waals surface area contributed by atoms with Crippen molar-refractivity contribution >= 4 is 34.0 Å². The van der Waals surface area contributed by atoms with Crippen LogP contribution in [-0.2, 0) is 20.9 Å². The van der Waals surface area contributed by atoms with E-state index in [2.05, 4.69) is 21.0 Å². The molecule has 112 valence electrons. The molecule has 0 saturated carbocycles. The Bertz CT molecular complexity index is 691. The number of rotatable bonds is 4. The fraction of sp³-hybridized carbons (Fsp3) is 0.125. The average Bonchev–Trinajstić information content (AvgIpc) is 2.97. The molecule has 2 aromatic carbocycles. The minimum Gasteiger partial charge on any atom is -0.444 e. The summed E-state index contributed by atoms with van der Waals surface area (Å²) in [7, 11) is 0. The number of hydrogen-bond acceptors (Lipinski definition) is 5. The Hall–Kier alpha value is -2.34. The summed E-state index contributed by atoms with van der Waals surface area (Å²) >= 11 is 3.39. The van der Waals surface area contributed by atoms with Crippen LogP contribution in [0.3, 0.4) is 0 Å². The lowest BCUT2D eigenvalue weighted by molar-refractivity contribution is -0.114. The van der Waals surface area contributed by atoms with Crippen molar-refractivity contribution < 1.29 is 14.3 Å². The number of ether oxygens (including phenoxy) is 2. The number of hydrogen-bond donors (Lipinski definition) is 0. The number of benzene rings is 2. The molecular formula is C16H13BrN2O3. The molecule has 0 amide bonds. The molecule has 0 fully saturated rings. The molecule has 1 heterocycles. The maximum Gasteiger partial charge on any atom is 0.408 e. The van der Waals surface area contributed by atoms with E-state index >= 15 is 0 Å².